The molecule has 0 aliphatic rings. The molecular weight excluding hydrogens is 212 g/mol. The van der Waals surface area contributed by atoms with Crippen LogP contribution < -0.4 is 5.73 Å². The van der Waals surface area contributed by atoms with Gasteiger partial charge in [-0.15, -0.1) is 0 Å². The lowest BCUT2D eigenvalue weighted by Crippen LogP contribution is -2.07. The van der Waals surface area contributed by atoms with Crippen LogP contribution in [0.4, 0.5) is 8.78 Å². The maximum atomic E-state index is 13.4. The fourth-order valence-corrected chi connectivity index (χ4v) is 1.46. The third kappa shape index (κ3) is 2.09. The van der Waals surface area contributed by atoms with Crippen LogP contribution in [0.15, 0.2) is 30.7 Å². The van der Waals surface area contributed by atoms with Crippen LogP contribution in [0.1, 0.15) is 0 Å². The van der Waals surface area contributed by atoms with Crippen LogP contribution in [0.3, 0.4) is 0 Å². The fourth-order valence-electron chi connectivity index (χ4n) is 1.46. The summed E-state index contributed by atoms with van der Waals surface area (Å²) >= 11 is 0. The molecule has 2 aromatic rings. The Labute approximate surface area is 91.5 Å². The molecule has 0 aliphatic heterocycles. The highest BCUT2D eigenvalue weighted by Gasteiger charge is 2.09. The summed E-state index contributed by atoms with van der Waals surface area (Å²) in [6.45, 7) is 1.07. The molecule has 0 spiro atoms. The Morgan fingerprint density at radius 3 is 2.88 bits per heavy atom. The van der Waals surface area contributed by atoms with Crippen molar-refractivity contribution in [1.29, 1.82) is 0 Å². The van der Waals surface area contributed by atoms with Gasteiger partial charge in [-0.25, -0.2) is 13.8 Å². The summed E-state index contributed by atoms with van der Waals surface area (Å²) in [6, 6.07) is 3.30. The second-order valence-electron chi connectivity index (χ2n) is 3.41. The van der Waals surface area contributed by atoms with Gasteiger partial charge in [0.2, 0.25) is 0 Å². The molecule has 2 N–H and O–H groups in total. The minimum atomic E-state index is -0.487. The molecule has 0 saturated heterocycles. The van der Waals surface area contributed by atoms with Gasteiger partial charge in [-0.1, -0.05) is 0 Å². The van der Waals surface area contributed by atoms with Gasteiger partial charge in [-0.3, -0.25) is 0 Å². The maximum Gasteiger partial charge on any atom is 0.132 e. The monoisotopic (exact) mass is 223 g/mol. The average Bonchev–Trinajstić information content (AvgIpc) is 2.71. The molecule has 84 valence electrons. The standard InChI is InChI=1S/C11H11F2N3/c12-8-1-2-10(13)9(5-8)11-6-16(4-3-14)7-15-11/h1-2,5-7H,3-4,14H2. The molecule has 1 heterocycles. The highest BCUT2D eigenvalue weighted by Crippen LogP contribution is 2.21. The largest absolute Gasteiger partial charge is 0.336 e. The van der Waals surface area contributed by atoms with E-state index in [1.807, 2.05) is 0 Å². The third-order valence-electron chi connectivity index (χ3n) is 2.22. The van der Waals surface area contributed by atoms with Crippen LogP contribution in [-0.4, -0.2) is 16.1 Å². The topological polar surface area (TPSA) is 43.8 Å². The lowest BCUT2D eigenvalue weighted by Gasteiger charge is -1.99. The quantitative estimate of drug-likeness (QED) is 0.862. The van der Waals surface area contributed by atoms with E-state index in [2.05, 4.69) is 4.98 Å². The van der Waals surface area contributed by atoms with E-state index >= 15 is 0 Å². The zero-order chi connectivity index (χ0) is 11.5. The average molecular weight is 223 g/mol. The van der Waals surface area contributed by atoms with Gasteiger partial charge < -0.3 is 10.3 Å². The number of rotatable bonds is 3. The predicted octanol–water partition coefficient (Wildman–Crippen LogP) is 1.79. The SMILES string of the molecule is NCCn1cnc(-c2cc(F)ccc2F)c1. The molecule has 3 nitrogen and oxygen atoms in total. The van der Waals surface area contributed by atoms with Gasteiger partial charge in [0, 0.05) is 24.8 Å². The number of hydrogen-bond donors (Lipinski definition) is 1. The Kier molecular flexibility index (Phi) is 2.96. The van der Waals surface area contributed by atoms with Crippen LogP contribution in [-0.2, 0) is 6.54 Å². The molecule has 5 heteroatoms. The normalized spacial score (nSPS) is 10.7. The summed E-state index contributed by atoms with van der Waals surface area (Å²) in [7, 11) is 0. The van der Waals surface area contributed by atoms with Gasteiger partial charge in [-0.05, 0) is 18.2 Å². The molecule has 2 rings (SSSR count). The Morgan fingerprint density at radius 2 is 2.12 bits per heavy atom. The summed E-state index contributed by atoms with van der Waals surface area (Å²) in [6.07, 6.45) is 3.19. The lowest BCUT2D eigenvalue weighted by molar-refractivity contribution is 0.602. The maximum absolute atomic E-state index is 13.4. The van der Waals surface area contributed by atoms with E-state index in [9.17, 15) is 8.78 Å². The minimum Gasteiger partial charge on any atom is -0.336 e. The first-order valence-electron chi connectivity index (χ1n) is 4.88. The molecular formula is C11H11F2N3. The smallest absolute Gasteiger partial charge is 0.132 e. The first-order valence-corrected chi connectivity index (χ1v) is 4.88. The predicted molar refractivity (Wildman–Crippen MR) is 56.6 cm³/mol. The number of aromatic nitrogens is 2. The van der Waals surface area contributed by atoms with Gasteiger partial charge in [-0.2, -0.15) is 0 Å². The third-order valence-corrected chi connectivity index (χ3v) is 2.22. The van der Waals surface area contributed by atoms with Gasteiger partial charge in [0.25, 0.3) is 0 Å². The highest BCUT2D eigenvalue weighted by atomic mass is 19.1. The molecule has 0 unspecified atom stereocenters. The first kappa shape index (κ1) is 10.8. The zero-order valence-corrected chi connectivity index (χ0v) is 8.53. The van der Waals surface area contributed by atoms with Crippen molar-refractivity contribution in [1.82, 2.24) is 9.55 Å². The Morgan fingerprint density at radius 1 is 1.31 bits per heavy atom. The molecule has 0 fully saturated rings. The number of imidazole rings is 1. The van der Waals surface area contributed by atoms with Crippen molar-refractivity contribution in [2.75, 3.05) is 6.54 Å². The summed E-state index contributed by atoms with van der Waals surface area (Å²) in [5.74, 6) is -0.968. The van der Waals surface area contributed by atoms with Gasteiger partial charge in [0.05, 0.1) is 12.0 Å². The Bertz CT molecular complexity index is 494. The zero-order valence-electron chi connectivity index (χ0n) is 8.53. The van der Waals surface area contributed by atoms with Crippen molar-refractivity contribution in [2.45, 2.75) is 6.54 Å². The number of nitrogens with zero attached hydrogens (tertiary/aromatic N) is 2. The number of halogens is 2. The fraction of sp³-hybridized carbons (Fsp3) is 0.182. The highest BCUT2D eigenvalue weighted by molar-refractivity contribution is 5.59. The van der Waals surface area contributed by atoms with E-state index in [1.165, 1.54) is 0 Å². The van der Waals surface area contributed by atoms with Crippen LogP contribution >= 0.6 is 0 Å². The Balaban J connectivity index is 2.38. The second kappa shape index (κ2) is 4.40. The van der Waals surface area contributed by atoms with Crippen molar-refractivity contribution in [3.05, 3.63) is 42.4 Å². The summed E-state index contributed by atoms with van der Waals surface area (Å²) < 4.78 is 28.1. The molecule has 16 heavy (non-hydrogen) atoms. The Hall–Kier alpha value is -1.75. The molecule has 0 saturated carbocycles. The number of nitrogens with two attached hydrogens (primary N) is 1. The van der Waals surface area contributed by atoms with Crippen molar-refractivity contribution < 1.29 is 8.78 Å². The second-order valence-corrected chi connectivity index (χ2v) is 3.41. The van der Waals surface area contributed by atoms with Gasteiger partial charge in [0.1, 0.15) is 11.6 Å². The van der Waals surface area contributed by atoms with E-state index < -0.39 is 11.6 Å². The van der Waals surface area contributed by atoms with Gasteiger partial charge in [0.15, 0.2) is 0 Å². The molecule has 0 atom stereocenters. The van der Waals surface area contributed by atoms with Crippen molar-refractivity contribution in [3.63, 3.8) is 0 Å². The summed E-state index contributed by atoms with van der Waals surface area (Å²) in [5, 5.41) is 0. The van der Waals surface area contributed by atoms with E-state index in [0.29, 0.717) is 18.8 Å². The van der Waals surface area contributed by atoms with Crippen molar-refractivity contribution in [3.8, 4) is 11.3 Å². The van der Waals surface area contributed by atoms with Crippen molar-refractivity contribution in [2.24, 2.45) is 5.73 Å². The minimum absolute atomic E-state index is 0.163. The number of hydrogen-bond acceptors (Lipinski definition) is 2. The van der Waals surface area contributed by atoms with Gasteiger partial charge >= 0.3 is 0 Å². The van der Waals surface area contributed by atoms with E-state index in [-0.39, 0.29) is 5.56 Å². The van der Waals surface area contributed by atoms with Crippen LogP contribution in [0, 0.1) is 11.6 Å². The van der Waals surface area contributed by atoms with E-state index in [1.54, 1.807) is 17.1 Å². The summed E-state index contributed by atoms with van der Waals surface area (Å²) in [4.78, 5) is 4.01. The molecule has 1 aromatic heterocycles. The molecule has 1 aromatic carbocycles. The summed E-state index contributed by atoms with van der Waals surface area (Å²) in [5.41, 5.74) is 5.95. The van der Waals surface area contributed by atoms with Crippen LogP contribution in [0.2, 0.25) is 0 Å². The molecule has 0 bridgehead atoms. The number of benzene rings is 1. The molecule has 0 amide bonds. The molecule has 0 radical (unpaired) electrons. The van der Waals surface area contributed by atoms with E-state index in [4.69, 9.17) is 5.73 Å². The van der Waals surface area contributed by atoms with E-state index in [0.717, 1.165) is 18.2 Å². The first-order chi connectivity index (χ1) is 7.70. The van der Waals surface area contributed by atoms with Crippen LogP contribution in [0.5, 0.6) is 0 Å². The van der Waals surface area contributed by atoms with Crippen LogP contribution in [0.25, 0.3) is 11.3 Å². The van der Waals surface area contributed by atoms with Crippen molar-refractivity contribution >= 4 is 0 Å². The lowest BCUT2D eigenvalue weighted by atomic mass is 10.1. The molecule has 0 aliphatic carbocycles.